The van der Waals surface area contributed by atoms with E-state index in [1.807, 2.05) is 0 Å². The van der Waals surface area contributed by atoms with E-state index in [2.05, 4.69) is 9.95 Å². The molecule has 3 atom stereocenters. The molecule has 3 heterocycles. The van der Waals surface area contributed by atoms with Gasteiger partial charge < -0.3 is 25.2 Å². The number of halogens is 3. The maximum atomic E-state index is 13.4. The van der Waals surface area contributed by atoms with Crippen molar-refractivity contribution in [1.82, 2.24) is 4.57 Å². The zero-order chi connectivity index (χ0) is 22.1. The van der Waals surface area contributed by atoms with Gasteiger partial charge in [0.15, 0.2) is 5.69 Å². The van der Waals surface area contributed by atoms with Crippen molar-refractivity contribution in [2.75, 3.05) is 6.61 Å². The molecule has 1 saturated heterocycles. The van der Waals surface area contributed by atoms with Gasteiger partial charge in [0.25, 0.3) is 0 Å². The van der Waals surface area contributed by atoms with E-state index in [0.717, 1.165) is 10.6 Å². The highest BCUT2D eigenvalue weighted by atomic mass is 19.4. The molecule has 10 heteroatoms. The van der Waals surface area contributed by atoms with Gasteiger partial charge in [-0.25, -0.2) is 4.85 Å². The molecule has 0 amide bonds. The third kappa shape index (κ3) is 2.41. The van der Waals surface area contributed by atoms with E-state index in [0.29, 0.717) is 6.07 Å². The van der Waals surface area contributed by atoms with Gasteiger partial charge >= 0.3 is 6.18 Å². The summed E-state index contributed by atoms with van der Waals surface area (Å²) in [5.41, 5.74) is -4.46. The second-order valence-electron chi connectivity index (χ2n) is 7.42. The van der Waals surface area contributed by atoms with Crippen molar-refractivity contribution in [2.45, 2.75) is 43.2 Å². The molecule has 29 heavy (non-hydrogen) atoms. The number of aliphatic hydroxyl groups excluding tert-OH is 2. The molecule has 0 radical (unpaired) electrons. The molecular weight excluding hydrogens is 393 g/mol. The Hall–Kier alpha value is -2.74. The van der Waals surface area contributed by atoms with Gasteiger partial charge in [-0.15, -0.1) is 0 Å². The average molecular weight is 412 g/mol. The fourth-order valence-corrected chi connectivity index (χ4v) is 4.52. The van der Waals surface area contributed by atoms with E-state index in [1.165, 1.54) is 13.0 Å². The van der Waals surface area contributed by atoms with Gasteiger partial charge in [-0.05, 0) is 19.1 Å². The summed E-state index contributed by atoms with van der Waals surface area (Å²) in [6, 6.07) is 2.81. The van der Waals surface area contributed by atoms with Gasteiger partial charge in [0.05, 0.1) is 35.1 Å². The van der Waals surface area contributed by atoms with Crippen molar-refractivity contribution in [3.05, 3.63) is 46.3 Å². The van der Waals surface area contributed by atoms with Crippen LogP contribution in [-0.2, 0) is 22.1 Å². The Bertz CT molecular complexity index is 1080. The SMILES string of the molecule is [3H]OCCC12C[C@@H](O)C(C)(O1)c1c2c(O)n(-c2ccc([N+]#[C-])c(C(F)(F)F)c2)c1O. The summed E-state index contributed by atoms with van der Waals surface area (Å²) < 4.78 is 53.9. The normalized spacial score (nSPS) is 28.3. The Labute approximate surface area is 164 Å². The number of ether oxygens (including phenoxy) is 1. The molecule has 2 unspecified atom stereocenters. The third-order valence-electron chi connectivity index (χ3n) is 5.81. The molecule has 0 saturated carbocycles. The van der Waals surface area contributed by atoms with Crippen LogP contribution in [0.1, 0.15) is 36.5 Å². The molecule has 1 aromatic carbocycles. The minimum absolute atomic E-state index is 0.0569. The molecule has 2 aliphatic rings. The molecule has 1 fully saturated rings. The Morgan fingerprint density at radius 3 is 2.66 bits per heavy atom. The van der Waals surface area contributed by atoms with Crippen molar-refractivity contribution >= 4 is 5.69 Å². The lowest BCUT2D eigenvalue weighted by Gasteiger charge is -2.26. The molecule has 0 spiro atoms. The van der Waals surface area contributed by atoms with Crippen LogP contribution >= 0.6 is 0 Å². The summed E-state index contributed by atoms with van der Waals surface area (Å²) in [6.07, 6.45) is -5.72. The van der Waals surface area contributed by atoms with Crippen molar-refractivity contribution < 1.29 is 38.3 Å². The van der Waals surface area contributed by atoms with Crippen LogP contribution in [0.25, 0.3) is 10.5 Å². The van der Waals surface area contributed by atoms with Gasteiger partial charge in [-0.1, -0.05) is 6.07 Å². The smallest absolute Gasteiger partial charge is 0.407 e. The van der Waals surface area contributed by atoms with Crippen LogP contribution in [0.3, 0.4) is 0 Å². The number of nitrogens with zero attached hydrogens (tertiary/aromatic N) is 2. The molecule has 2 aliphatic heterocycles. The first-order valence-electron chi connectivity index (χ1n) is 9.14. The highest BCUT2D eigenvalue weighted by Gasteiger charge is 2.65. The molecule has 2 bridgehead atoms. The maximum absolute atomic E-state index is 13.4. The van der Waals surface area contributed by atoms with Gasteiger partial charge in [-0.3, -0.25) is 4.57 Å². The Kier molecular flexibility index (Phi) is 3.71. The number of hydrogen-bond donors (Lipinski definition) is 4. The fraction of sp³-hybridized carbons (Fsp3) is 0.421. The fourth-order valence-electron chi connectivity index (χ4n) is 4.52. The lowest BCUT2D eigenvalue weighted by molar-refractivity contribution is -0.136. The van der Waals surface area contributed by atoms with Crippen LogP contribution in [0.5, 0.6) is 11.8 Å². The van der Waals surface area contributed by atoms with Gasteiger partial charge in [0.1, 0.15) is 11.2 Å². The largest absolute Gasteiger partial charge is 0.494 e. The number of aromatic hydroxyl groups is 2. The van der Waals surface area contributed by atoms with Crippen LogP contribution in [0.4, 0.5) is 18.9 Å². The van der Waals surface area contributed by atoms with Gasteiger partial charge in [-0.2, -0.15) is 13.2 Å². The van der Waals surface area contributed by atoms with Crippen molar-refractivity contribution in [2.24, 2.45) is 0 Å². The summed E-state index contributed by atoms with van der Waals surface area (Å²) in [7, 11) is 0. The predicted molar refractivity (Wildman–Crippen MR) is 92.8 cm³/mol. The average Bonchev–Trinajstić information content (AvgIpc) is 3.21. The second-order valence-corrected chi connectivity index (χ2v) is 7.42. The molecule has 4 N–H and O–H groups in total. The summed E-state index contributed by atoms with van der Waals surface area (Å²) in [4.78, 5) is 2.88. The number of hydrogen-bond acceptors (Lipinski definition) is 5. The van der Waals surface area contributed by atoms with Gasteiger partial charge in [0.2, 0.25) is 13.2 Å². The van der Waals surface area contributed by atoms with Crippen molar-refractivity contribution in [1.29, 1.82) is 1.43 Å². The van der Waals surface area contributed by atoms with Crippen LogP contribution in [0.15, 0.2) is 18.2 Å². The molecule has 2 aromatic rings. The zero-order valence-corrected chi connectivity index (χ0v) is 15.1. The van der Waals surface area contributed by atoms with E-state index < -0.39 is 46.5 Å². The van der Waals surface area contributed by atoms with Crippen LogP contribution in [0, 0.1) is 6.57 Å². The molecule has 4 rings (SSSR count). The monoisotopic (exact) mass is 412 g/mol. The summed E-state index contributed by atoms with van der Waals surface area (Å²) in [6.45, 7) is 8.37. The molecule has 0 aliphatic carbocycles. The molecular formula is C19H17F3N2O5. The summed E-state index contributed by atoms with van der Waals surface area (Å²) in [5, 5.41) is 36.6. The minimum atomic E-state index is -4.81. The van der Waals surface area contributed by atoms with E-state index in [4.69, 9.17) is 12.7 Å². The van der Waals surface area contributed by atoms with Crippen molar-refractivity contribution in [3.63, 3.8) is 0 Å². The zero-order valence-electron chi connectivity index (χ0n) is 16.1. The Balaban J connectivity index is 1.94. The number of rotatable bonds is 4. The van der Waals surface area contributed by atoms with E-state index in [-0.39, 0.29) is 36.3 Å². The number of aromatic nitrogens is 1. The first-order valence-corrected chi connectivity index (χ1v) is 8.73. The Morgan fingerprint density at radius 1 is 1.34 bits per heavy atom. The van der Waals surface area contributed by atoms with E-state index in [1.54, 1.807) is 0 Å². The lowest BCUT2D eigenvalue weighted by atomic mass is 9.76. The maximum Gasteiger partial charge on any atom is 0.407 e. The predicted octanol–water partition coefficient (Wildman–Crippen LogP) is 3.05. The first-order chi connectivity index (χ1) is 14.0. The standard InChI is InChI=1S/C19H17F3N2O5/c1-17-12(26)8-18(29-17,5-6-25)14-13(17)15(27)24(16(14)28)9-3-4-11(23-2)10(7-9)19(20,21)22/h3-4,7,12,25-28H,5-6,8H2,1H3/t12-,17?,18?/m1/s1/i25T. The molecule has 154 valence electrons. The van der Waals surface area contributed by atoms with E-state index in [9.17, 15) is 28.5 Å². The highest BCUT2D eigenvalue weighted by molar-refractivity contribution is 5.64. The number of fused-ring (bicyclic) bond motifs is 5. The number of alkyl halides is 3. The first kappa shape index (κ1) is 18.3. The minimum Gasteiger partial charge on any atom is -0.494 e. The molecule has 7 nitrogen and oxygen atoms in total. The van der Waals surface area contributed by atoms with Crippen LogP contribution < -0.4 is 0 Å². The second kappa shape index (κ2) is 5.89. The van der Waals surface area contributed by atoms with Crippen LogP contribution in [-0.4, -0.2) is 39.1 Å². The van der Waals surface area contributed by atoms with Crippen LogP contribution in [0.2, 0.25) is 0 Å². The summed E-state index contributed by atoms with van der Waals surface area (Å²) >= 11 is 0. The van der Waals surface area contributed by atoms with Gasteiger partial charge in [0, 0.05) is 19.4 Å². The Morgan fingerprint density at radius 2 is 2.03 bits per heavy atom. The highest BCUT2D eigenvalue weighted by Crippen LogP contribution is 2.65. The van der Waals surface area contributed by atoms with E-state index >= 15 is 0 Å². The number of aliphatic hydroxyl groups is 2. The number of benzene rings is 1. The summed E-state index contributed by atoms with van der Waals surface area (Å²) in [5.74, 6) is -1.10. The quantitative estimate of drug-likeness (QED) is 0.579. The molecule has 1 aromatic heterocycles. The van der Waals surface area contributed by atoms with Crippen molar-refractivity contribution in [3.8, 4) is 17.4 Å². The lowest BCUT2D eigenvalue weighted by Crippen LogP contribution is -2.33. The third-order valence-corrected chi connectivity index (χ3v) is 5.81. The topological polar surface area (TPSA) is 99.4 Å².